The van der Waals surface area contributed by atoms with Crippen LogP contribution in [-0.4, -0.2) is 37.4 Å². The Morgan fingerprint density at radius 2 is 1.73 bits per heavy atom. The largest absolute Gasteiger partial charge is 0.345 e. The molecule has 0 bridgehead atoms. The van der Waals surface area contributed by atoms with E-state index in [-0.39, 0.29) is 24.4 Å². The summed E-state index contributed by atoms with van der Waals surface area (Å²) in [5, 5.41) is 7.03. The third-order valence-corrected chi connectivity index (χ3v) is 4.38. The Balaban J connectivity index is 1.89. The average Bonchev–Trinajstić information content (AvgIpc) is 2.59. The summed E-state index contributed by atoms with van der Waals surface area (Å²) in [6, 6.07) is 11.9. The van der Waals surface area contributed by atoms with Crippen molar-refractivity contribution in [2.45, 2.75) is 13.0 Å². The van der Waals surface area contributed by atoms with Crippen molar-refractivity contribution in [2.75, 3.05) is 26.0 Å². The molecule has 26 heavy (non-hydrogen) atoms. The Morgan fingerprint density at radius 1 is 1.08 bits per heavy atom. The highest BCUT2D eigenvalue weighted by atomic mass is 35.5. The molecular weight excluding hydrogens is 373 g/mol. The van der Waals surface area contributed by atoms with Gasteiger partial charge in [0.2, 0.25) is 5.91 Å². The van der Waals surface area contributed by atoms with Gasteiger partial charge in [-0.1, -0.05) is 29.3 Å². The lowest BCUT2D eigenvalue weighted by Gasteiger charge is -2.16. The number of carbonyl (C=O) groups is 2. The highest BCUT2D eigenvalue weighted by Gasteiger charge is 2.12. The number of nitrogens with zero attached hydrogens (tertiary/aromatic N) is 1. The molecule has 2 amide bonds. The number of nitrogens with one attached hydrogen (secondary N) is 2. The zero-order valence-corrected chi connectivity index (χ0v) is 16.4. The lowest BCUT2D eigenvalue weighted by molar-refractivity contribution is -0.115. The summed E-state index contributed by atoms with van der Waals surface area (Å²) in [6.45, 7) is 2.04. The third-order valence-electron chi connectivity index (χ3n) is 3.82. The minimum Gasteiger partial charge on any atom is -0.345 e. The van der Waals surface area contributed by atoms with E-state index in [0.29, 0.717) is 21.3 Å². The maximum absolute atomic E-state index is 12.1. The maximum Gasteiger partial charge on any atom is 0.253 e. The van der Waals surface area contributed by atoms with Gasteiger partial charge in [-0.05, 0) is 48.9 Å². The fraction of sp³-hybridized carbons (Fsp3) is 0.263. The first kappa shape index (κ1) is 20.2. The van der Waals surface area contributed by atoms with Crippen molar-refractivity contribution in [3.8, 4) is 0 Å². The molecule has 0 saturated heterocycles. The Labute approximate surface area is 163 Å². The number of carbonyl (C=O) groups excluding carboxylic acids is 2. The average molecular weight is 394 g/mol. The van der Waals surface area contributed by atoms with Crippen LogP contribution in [0, 0.1) is 0 Å². The number of rotatable bonds is 6. The van der Waals surface area contributed by atoms with Crippen molar-refractivity contribution in [2.24, 2.45) is 0 Å². The van der Waals surface area contributed by atoms with E-state index in [0.717, 1.165) is 5.56 Å². The van der Waals surface area contributed by atoms with Crippen LogP contribution in [0.2, 0.25) is 10.0 Å². The number of halogens is 2. The van der Waals surface area contributed by atoms with Crippen LogP contribution in [0.1, 0.15) is 28.9 Å². The first-order chi connectivity index (χ1) is 12.3. The summed E-state index contributed by atoms with van der Waals surface area (Å²) in [7, 11) is 3.38. The van der Waals surface area contributed by atoms with Gasteiger partial charge in [-0.2, -0.15) is 0 Å². The van der Waals surface area contributed by atoms with Crippen LogP contribution in [0.3, 0.4) is 0 Å². The number of amides is 2. The fourth-order valence-electron chi connectivity index (χ4n) is 2.37. The Morgan fingerprint density at radius 3 is 2.31 bits per heavy atom. The minimum atomic E-state index is -0.186. The van der Waals surface area contributed by atoms with Crippen molar-refractivity contribution in [3.05, 3.63) is 63.6 Å². The van der Waals surface area contributed by atoms with Crippen molar-refractivity contribution < 1.29 is 9.59 Å². The Hall–Kier alpha value is -2.08. The van der Waals surface area contributed by atoms with Crippen LogP contribution in [0.4, 0.5) is 5.69 Å². The monoisotopic (exact) mass is 393 g/mol. The second-order valence-electron chi connectivity index (χ2n) is 6.09. The molecule has 2 aromatic carbocycles. The predicted molar refractivity (Wildman–Crippen MR) is 106 cm³/mol. The zero-order chi connectivity index (χ0) is 19.3. The van der Waals surface area contributed by atoms with Crippen molar-refractivity contribution >= 4 is 40.7 Å². The molecule has 5 nitrogen and oxygen atoms in total. The molecule has 0 saturated carbocycles. The van der Waals surface area contributed by atoms with Crippen molar-refractivity contribution in [1.82, 2.24) is 10.2 Å². The molecule has 0 fully saturated rings. The van der Waals surface area contributed by atoms with Crippen molar-refractivity contribution in [1.29, 1.82) is 0 Å². The van der Waals surface area contributed by atoms with Gasteiger partial charge < -0.3 is 15.5 Å². The van der Waals surface area contributed by atoms with Crippen LogP contribution in [0.5, 0.6) is 0 Å². The Bertz CT molecular complexity index is 792. The van der Waals surface area contributed by atoms with E-state index in [1.807, 2.05) is 13.0 Å². The summed E-state index contributed by atoms with van der Waals surface area (Å²) < 4.78 is 0. The zero-order valence-electron chi connectivity index (χ0n) is 14.8. The summed E-state index contributed by atoms with van der Waals surface area (Å²) in [5.41, 5.74) is 2.07. The van der Waals surface area contributed by atoms with Gasteiger partial charge in [-0.25, -0.2) is 0 Å². The van der Waals surface area contributed by atoms with E-state index in [1.165, 1.54) is 4.90 Å². The standard InChI is InChI=1S/C19H21Cl2N3O2/c1-12(16-9-6-14(20)10-17(16)21)22-11-18(25)23-15-7-4-13(5-8-15)19(26)24(2)3/h4-10,12,22H,11H2,1-3H3,(H,23,25)/t12-/m1/s1. The van der Waals surface area contributed by atoms with Gasteiger partial charge >= 0.3 is 0 Å². The molecule has 0 unspecified atom stereocenters. The number of anilines is 1. The second-order valence-corrected chi connectivity index (χ2v) is 6.94. The fourth-order valence-corrected chi connectivity index (χ4v) is 2.94. The van der Waals surface area contributed by atoms with Gasteiger partial charge in [-0.15, -0.1) is 0 Å². The van der Waals surface area contributed by atoms with Gasteiger partial charge in [-0.3, -0.25) is 9.59 Å². The molecule has 1 atom stereocenters. The van der Waals surface area contributed by atoms with Crippen LogP contribution >= 0.6 is 23.2 Å². The molecule has 0 aliphatic heterocycles. The Kier molecular flexibility index (Phi) is 7.03. The SMILES string of the molecule is C[C@@H](NCC(=O)Nc1ccc(C(=O)N(C)C)cc1)c1ccc(Cl)cc1Cl. The molecule has 0 heterocycles. The predicted octanol–water partition coefficient (Wildman–Crippen LogP) is 3.98. The molecule has 7 heteroatoms. The quantitative estimate of drug-likeness (QED) is 0.779. The molecule has 0 aliphatic carbocycles. The molecule has 138 valence electrons. The maximum atomic E-state index is 12.1. The van der Waals surface area contributed by atoms with Gasteiger partial charge in [0, 0.05) is 41.4 Å². The first-order valence-corrected chi connectivity index (χ1v) is 8.83. The summed E-state index contributed by atoms with van der Waals surface area (Å²) in [4.78, 5) is 25.5. The summed E-state index contributed by atoms with van der Waals surface area (Å²) in [6.07, 6.45) is 0. The van der Waals surface area contributed by atoms with Crippen LogP contribution in [0.25, 0.3) is 0 Å². The molecule has 2 rings (SSSR count). The van der Waals surface area contributed by atoms with Crippen LogP contribution in [0.15, 0.2) is 42.5 Å². The van der Waals surface area contributed by atoms with E-state index >= 15 is 0 Å². The molecular formula is C19H21Cl2N3O2. The molecule has 2 aromatic rings. The van der Waals surface area contributed by atoms with E-state index in [4.69, 9.17) is 23.2 Å². The lowest BCUT2D eigenvalue weighted by Crippen LogP contribution is -2.30. The highest BCUT2D eigenvalue weighted by Crippen LogP contribution is 2.25. The number of benzene rings is 2. The van der Waals surface area contributed by atoms with E-state index in [1.54, 1.807) is 50.5 Å². The first-order valence-electron chi connectivity index (χ1n) is 8.08. The second kappa shape index (κ2) is 9.03. The normalized spacial score (nSPS) is 11.7. The van der Waals surface area contributed by atoms with E-state index in [9.17, 15) is 9.59 Å². The summed E-state index contributed by atoms with van der Waals surface area (Å²) >= 11 is 12.1. The molecule has 0 radical (unpaired) electrons. The van der Waals surface area contributed by atoms with Gasteiger partial charge in [0.1, 0.15) is 0 Å². The van der Waals surface area contributed by atoms with Gasteiger partial charge in [0.05, 0.1) is 6.54 Å². The third kappa shape index (κ3) is 5.46. The van der Waals surface area contributed by atoms with Crippen molar-refractivity contribution in [3.63, 3.8) is 0 Å². The minimum absolute atomic E-state index is 0.0850. The molecule has 2 N–H and O–H groups in total. The number of hydrogen-bond acceptors (Lipinski definition) is 3. The topological polar surface area (TPSA) is 61.4 Å². The highest BCUT2D eigenvalue weighted by molar-refractivity contribution is 6.35. The van der Waals surface area contributed by atoms with Crippen LogP contribution in [-0.2, 0) is 4.79 Å². The van der Waals surface area contributed by atoms with E-state index < -0.39 is 0 Å². The molecule has 0 spiro atoms. The van der Waals surface area contributed by atoms with E-state index in [2.05, 4.69) is 10.6 Å². The molecule has 0 aromatic heterocycles. The lowest BCUT2D eigenvalue weighted by atomic mass is 10.1. The van der Waals surface area contributed by atoms with Gasteiger partial charge in [0.25, 0.3) is 5.91 Å². The number of hydrogen-bond donors (Lipinski definition) is 2. The van der Waals surface area contributed by atoms with Gasteiger partial charge in [0.15, 0.2) is 0 Å². The van der Waals surface area contributed by atoms with Crippen LogP contribution < -0.4 is 10.6 Å². The summed E-state index contributed by atoms with van der Waals surface area (Å²) in [5.74, 6) is -0.271. The molecule has 0 aliphatic rings. The smallest absolute Gasteiger partial charge is 0.253 e.